The van der Waals surface area contributed by atoms with Crippen LogP contribution in [0.3, 0.4) is 0 Å². The van der Waals surface area contributed by atoms with E-state index in [0.29, 0.717) is 28.1 Å². The molecule has 0 atom stereocenters. The van der Waals surface area contributed by atoms with Crippen molar-refractivity contribution in [2.45, 2.75) is 6.92 Å². The van der Waals surface area contributed by atoms with Crippen molar-refractivity contribution in [3.8, 4) is 45.5 Å². The first-order valence-electron chi connectivity index (χ1n) is 12.7. The molecule has 0 saturated carbocycles. The highest BCUT2D eigenvalue weighted by molar-refractivity contribution is 6.05. The number of aromatic amines is 1. The molecule has 0 aliphatic rings. The smallest absolute Gasteiger partial charge is 0.342 e. The Bertz CT molecular complexity index is 1800. The molecule has 0 bridgehead atoms. The molecule has 0 saturated heterocycles. The van der Waals surface area contributed by atoms with Gasteiger partial charge in [-0.25, -0.2) is 9.78 Å². The summed E-state index contributed by atoms with van der Waals surface area (Å²) in [6, 6.07) is 27.4. The van der Waals surface area contributed by atoms with Crippen LogP contribution in [0.5, 0.6) is 5.75 Å². The SMILES string of the molecule is CCOC(=O)c1c(Nc2nc(-c3ccc(OC)cc3)c(C#N)c(=O)[nH]2)nnc(-c2ccccc2)c1-c1ccccc1. The monoisotopic (exact) mass is 544 g/mol. The van der Waals surface area contributed by atoms with E-state index in [4.69, 9.17) is 9.47 Å². The van der Waals surface area contributed by atoms with E-state index >= 15 is 0 Å². The van der Waals surface area contributed by atoms with E-state index < -0.39 is 11.5 Å². The lowest BCUT2D eigenvalue weighted by Crippen LogP contribution is -2.18. The predicted molar refractivity (Wildman–Crippen MR) is 154 cm³/mol. The predicted octanol–water partition coefficient (Wildman–Crippen LogP) is 5.36. The van der Waals surface area contributed by atoms with Crippen molar-refractivity contribution < 1.29 is 14.3 Å². The Morgan fingerprint density at radius 2 is 1.54 bits per heavy atom. The number of hydrogen-bond acceptors (Lipinski definition) is 9. The Morgan fingerprint density at radius 1 is 0.902 bits per heavy atom. The van der Waals surface area contributed by atoms with Crippen molar-refractivity contribution in [3.05, 3.63) is 106 Å². The van der Waals surface area contributed by atoms with Crippen molar-refractivity contribution in [3.63, 3.8) is 0 Å². The van der Waals surface area contributed by atoms with Crippen LogP contribution in [0.4, 0.5) is 11.8 Å². The highest BCUT2D eigenvalue weighted by Gasteiger charge is 2.26. The van der Waals surface area contributed by atoms with Crippen LogP contribution >= 0.6 is 0 Å². The lowest BCUT2D eigenvalue weighted by Gasteiger charge is -2.17. The summed E-state index contributed by atoms with van der Waals surface area (Å²) in [5, 5.41) is 21.4. The third kappa shape index (κ3) is 5.51. The number of esters is 1. The van der Waals surface area contributed by atoms with Gasteiger partial charge in [0, 0.05) is 16.7 Å². The molecule has 0 spiro atoms. The number of ether oxygens (including phenoxy) is 2. The summed E-state index contributed by atoms with van der Waals surface area (Å²) >= 11 is 0. The minimum atomic E-state index is -0.661. The van der Waals surface area contributed by atoms with Crippen molar-refractivity contribution in [1.29, 1.82) is 5.26 Å². The molecule has 0 amide bonds. The topological polar surface area (TPSA) is 143 Å². The Balaban J connectivity index is 1.71. The fourth-order valence-corrected chi connectivity index (χ4v) is 4.32. The van der Waals surface area contributed by atoms with Crippen LogP contribution in [0.25, 0.3) is 33.6 Å². The molecule has 2 aromatic heterocycles. The molecule has 2 N–H and O–H groups in total. The van der Waals surface area contributed by atoms with E-state index in [0.717, 1.165) is 5.56 Å². The molecule has 2 heterocycles. The number of anilines is 2. The second-order valence-electron chi connectivity index (χ2n) is 8.70. The molecule has 0 fully saturated rings. The fraction of sp³-hybridized carbons (Fsp3) is 0.0968. The van der Waals surface area contributed by atoms with Crippen molar-refractivity contribution in [1.82, 2.24) is 20.2 Å². The summed E-state index contributed by atoms with van der Waals surface area (Å²) in [6.45, 7) is 1.84. The maximum atomic E-state index is 13.5. The number of benzene rings is 3. The first-order valence-corrected chi connectivity index (χ1v) is 12.7. The highest BCUT2D eigenvalue weighted by Crippen LogP contribution is 2.37. The zero-order chi connectivity index (χ0) is 28.8. The molecule has 41 heavy (non-hydrogen) atoms. The average molecular weight is 545 g/mol. The number of carbonyl (C=O) groups is 1. The van der Waals surface area contributed by atoms with Gasteiger partial charge in [0.1, 0.15) is 28.6 Å². The lowest BCUT2D eigenvalue weighted by molar-refractivity contribution is 0.0528. The number of nitriles is 1. The molecule has 10 heteroatoms. The number of methoxy groups -OCH3 is 1. The summed E-state index contributed by atoms with van der Waals surface area (Å²) in [7, 11) is 1.54. The summed E-state index contributed by atoms with van der Waals surface area (Å²) in [6.07, 6.45) is 0. The molecule has 202 valence electrons. The van der Waals surface area contributed by atoms with Gasteiger partial charge in [0.2, 0.25) is 5.95 Å². The van der Waals surface area contributed by atoms with Crippen molar-refractivity contribution in [2.75, 3.05) is 19.0 Å². The Morgan fingerprint density at radius 3 is 2.15 bits per heavy atom. The second kappa shape index (κ2) is 11.9. The van der Waals surface area contributed by atoms with Crippen LogP contribution in [0.2, 0.25) is 0 Å². The first-order chi connectivity index (χ1) is 20.0. The normalized spacial score (nSPS) is 10.5. The van der Waals surface area contributed by atoms with Crippen LogP contribution in [0.1, 0.15) is 22.8 Å². The summed E-state index contributed by atoms with van der Waals surface area (Å²) in [5.41, 5.74) is 2.41. The van der Waals surface area contributed by atoms with E-state index in [9.17, 15) is 14.9 Å². The van der Waals surface area contributed by atoms with Crippen LogP contribution in [0, 0.1) is 11.3 Å². The van der Waals surface area contributed by atoms with Gasteiger partial charge in [-0.05, 0) is 36.8 Å². The number of H-pyrrole nitrogens is 1. The van der Waals surface area contributed by atoms with E-state index in [1.165, 1.54) is 7.11 Å². The number of carbonyl (C=O) groups excluding carboxylic acids is 1. The van der Waals surface area contributed by atoms with Gasteiger partial charge < -0.3 is 14.8 Å². The van der Waals surface area contributed by atoms with Gasteiger partial charge in [0.05, 0.1) is 19.4 Å². The van der Waals surface area contributed by atoms with Gasteiger partial charge in [-0.1, -0.05) is 60.7 Å². The second-order valence-corrected chi connectivity index (χ2v) is 8.70. The van der Waals surface area contributed by atoms with E-state index in [1.54, 1.807) is 31.2 Å². The Kier molecular flexibility index (Phi) is 7.79. The quantitative estimate of drug-likeness (QED) is 0.247. The summed E-state index contributed by atoms with van der Waals surface area (Å²) in [5.74, 6) is -0.0364. The maximum Gasteiger partial charge on any atom is 0.342 e. The maximum absolute atomic E-state index is 13.5. The van der Waals surface area contributed by atoms with E-state index in [2.05, 4.69) is 25.5 Å². The summed E-state index contributed by atoms with van der Waals surface area (Å²) < 4.78 is 10.6. The number of nitrogens with one attached hydrogen (secondary N) is 2. The Hall–Kier alpha value is -5.82. The number of hydrogen-bond donors (Lipinski definition) is 2. The molecular formula is C31H24N6O4. The van der Waals surface area contributed by atoms with Crippen LogP contribution in [-0.2, 0) is 4.74 Å². The zero-order valence-corrected chi connectivity index (χ0v) is 22.2. The molecule has 0 unspecified atom stereocenters. The van der Waals surface area contributed by atoms with Crippen LogP contribution < -0.4 is 15.6 Å². The van der Waals surface area contributed by atoms with Gasteiger partial charge in [0.25, 0.3) is 5.56 Å². The molecule has 0 aliphatic carbocycles. The first kappa shape index (κ1) is 26.8. The van der Waals surface area contributed by atoms with Gasteiger partial charge >= 0.3 is 5.97 Å². The fourth-order valence-electron chi connectivity index (χ4n) is 4.32. The highest BCUT2D eigenvalue weighted by atomic mass is 16.5. The Labute approximate surface area is 235 Å². The molecule has 10 nitrogen and oxygen atoms in total. The lowest BCUT2D eigenvalue weighted by atomic mass is 9.95. The van der Waals surface area contributed by atoms with Gasteiger partial charge in [0.15, 0.2) is 5.82 Å². The van der Waals surface area contributed by atoms with Gasteiger partial charge in [-0.2, -0.15) is 5.26 Å². The van der Waals surface area contributed by atoms with Gasteiger partial charge in [-0.15, -0.1) is 10.2 Å². The number of nitrogens with zero attached hydrogens (tertiary/aromatic N) is 4. The van der Waals surface area contributed by atoms with Crippen molar-refractivity contribution >= 4 is 17.7 Å². The molecule has 0 aliphatic heterocycles. The molecular weight excluding hydrogens is 520 g/mol. The van der Waals surface area contributed by atoms with Crippen LogP contribution in [-0.4, -0.2) is 39.9 Å². The zero-order valence-electron chi connectivity index (χ0n) is 22.2. The number of rotatable bonds is 8. The molecule has 0 radical (unpaired) electrons. The van der Waals surface area contributed by atoms with Crippen LogP contribution in [0.15, 0.2) is 89.7 Å². The average Bonchev–Trinajstić information content (AvgIpc) is 3.01. The third-order valence-corrected chi connectivity index (χ3v) is 6.19. The minimum absolute atomic E-state index is 0.0236. The number of aromatic nitrogens is 4. The molecule has 3 aromatic carbocycles. The van der Waals surface area contributed by atoms with E-state index in [1.807, 2.05) is 66.7 Å². The van der Waals surface area contributed by atoms with E-state index in [-0.39, 0.29) is 35.2 Å². The third-order valence-electron chi connectivity index (χ3n) is 6.19. The summed E-state index contributed by atoms with van der Waals surface area (Å²) in [4.78, 5) is 33.5. The molecule has 5 rings (SSSR count). The molecule has 5 aromatic rings. The van der Waals surface area contributed by atoms with Crippen molar-refractivity contribution in [2.24, 2.45) is 0 Å². The standard InChI is InChI=1S/C31H24N6O4/c1-3-41-30(39)25-24(19-10-6-4-7-11-19)27(20-12-8-5-9-13-20)36-37-28(25)34-31-33-26(23(18-32)29(38)35-31)21-14-16-22(40-2)17-15-21/h4-17H,3H2,1-2H3,(H2,33,34,35,37,38). The minimum Gasteiger partial charge on any atom is -0.497 e. The largest absolute Gasteiger partial charge is 0.497 e. The van der Waals surface area contributed by atoms with Gasteiger partial charge in [-0.3, -0.25) is 9.78 Å².